The number of aliphatic carboxylic acids is 1. The number of benzene rings is 2. The number of anilines is 1. The van der Waals surface area contributed by atoms with Gasteiger partial charge in [-0.25, -0.2) is 4.79 Å². The number of rotatable bonds is 3. The molecule has 4 nitrogen and oxygen atoms in total. The highest BCUT2D eigenvalue weighted by Gasteiger charge is 2.26. The molecule has 110 valence electrons. The van der Waals surface area contributed by atoms with Gasteiger partial charge in [-0.3, -0.25) is 4.79 Å². The second-order valence-corrected chi connectivity index (χ2v) is 5.83. The summed E-state index contributed by atoms with van der Waals surface area (Å²) in [5, 5.41) is 11.2. The number of fused-ring (bicyclic) bond motifs is 3. The van der Waals surface area contributed by atoms with Gasteiger partial charge in [0.05, 0.1) is 4.83 Å². The fourth-order valence-electron chi connectivity index (χ4n) is 2.56. The summed E-state index contributed by atoms with van der Waals surface area (Å²) in [4.78, 5) is 22.1. The van der Waals surface area contributed by atoms with Gasteiger partial charge in [0.25, 0.3) is 0 Å². The zero-order valence-corrected chi connectivity index (χ0v) is 13.0. The molecule has 1 amide bonds. The average molecular weight is 358 g/mol. The minimum atomic E-state index is -1.15. The van der Waals surface area contributed by atoms with E-state index in [0.717, 1.165) is 23.3 Å². The zero-order chi connectivity index (χ0) is 15.7. The van der Waals surface area contributed by atoms with Gasteiger partial charge in [0.2, 0.25) is 5.91 Å². The number of hydrogen-bond acceptors (Lipinski definition) is 2. The number of carbonyl (C=O) groups is 2. The van der Waals surface area contributed by atoms with Gasteiger partial charge in [-0.1, -0.05) is 46.3 Å². The van der Waals surface area contributed by atoms with Crippen LogP contribution in [0.15, 0.2) is 54.6 Å². The molecule has 0 unspecified atom stereocenters. The third-order valence-corrected chi connectivity index (χ3v) is 4.48. The molecule has 3 rings (SSSR count). The molecule has 0 saturated carbocycles. The Kier molecular flexibility index (Phi) is 3.81. The van der Waals surface area contributed by atoms with E-state index in [1.807, 2.05) is 30.3 Å². The third kappa shape index (κ3) is 2.67. The van der Waals surface area contributed by atoms with Crippen LogP contribution in [0.5, 0.6) is 0 Å². The molecule has 0 aliphatic heterocycles. The van der Waals surface area contributed by atoms with Crippen LogP contribution < -0.4 is 5.32 Å². The van der Waals surface area contributed by atoms with E-state index >= 15 is 0 Å². The average Bonchev–Trinajstić information content (AvgIpc) is 2.79. The van der Waals surface area contributed by atoms with Crippen molar-refractivity contribution in [2.45, 2.75) is 4.83 Å². The molecule has 1 aliphatic carbocycles. The van der Waals surface area contributed by atoms with Gasteiger partial charge in [0.1, 0.15) is 0 Å². The Morgan fingerprint density at radius 1 is 1.05 bits per heavy atom. The summed E-state index contributed by atoms with van der Waals surface area (Å²) in [6.07, 6.45) is 1.81. The molecule has 2 aromatic carbocycles. The fraction of sp³-hybridized carbons (Fsp3) is 0.0588. The van der Waals surface area contributed by atoms with Crippen molar-refractivity contribution in [3.63, 3.8) is 0 Å². The van der Waals surface area contributed by atoms with E-state index in [1.165, 1.54) is 11.1 Å². The molecule has 2 aromatic rings. The molecule has 0 heterocycles. The van der Waals surface area contributed by atoms with Crippen LogP contribution in [0.3, 0.4) is 0 Å². The summed E-state index contributed by atoms with van der Waals surface area (Å²) in [6.45, 7) is 0. The SMILES string of the molecule is O=C(O)/C=C\C(=O)Nc1ccc2c(c1)[C@@H](Br)c1ccccc1-2. The smallest absolute Gasteiger partial charge is 0.328 e. The lowest BCUT2D eigenvalue weighted by molar-refractivity contribution is -0.131. The van der Waals surface area contributed by atoms with Crippen LogP contribution in [0.4, 0.5) is 5.69 Å². The predicted molar refractivity (Wildman–Crippen MR) is 88.1 cm³/mol. The van der Waals surface area contributed by atoms with Gasteiger partial charge < -0.3 is 10.4 Å². The van der Waals surface area contributed by atoms with E-state index in [0.29, 0.717) is 5.69 Å². The summed E-state index contributed by atoms with van der Waals surface area (Å²) >= 11 is 3.68. The Bertz CT molecular complexity index is 798. The Hall–Kier alpha value is -2.40. The molecule has 0 bridgehead atoms. The summed E-state index contributed by atoms with van der Waals surface area (Å²) in [6, 6.07) is 13.8. The van der Waals surface area contributed by atoms with Crippen LogP contribution in [0.1, 0.15) is 16.0 Å². The van der Waals surface area contributed by atoms with E-state index in [9.17, 15) is 9.59 Å². The van der Waals surface area contributed by atoms with Crippen LogP contribution in [0.25, 0.3) is 11.1 Å². The van der Waals surface area contributed by atoms with Gasteiger partial charge in [0.15, 0.2) is 0 Å². The number of carboxylic acids is 1. The molecule has 0 fully saturated rings. The van der Waals surface area contributed by atoms with E-state index in [1.54, 1.807) is 0 Å². The van der Waals surface area contributed by atoms with Gasteiger partial charge in [0, 0.05) is 17.8 Å². The van der Waals surface area contributed by atoms with Crippen molar-refractivity contribution < 1.29 is 14.7 Å². The second-order valence-electron chi connectivity index (χ2n) is 4.91. The van der Waals surface area contributed by atoms with Gasteiger partial charge in [-0.05, 0) is 34.4 Å². The first-order chi connectivity index (χ1) is 10.6. The van der Waals surface area contributed by atoms with Crippen LogP contribution in [-0.2, 0) is 9.59 Å². The molecule has 22 heavy (non-hydrogen) atoms. The molecule has 0 radical (unpaired) electrons. The maximum Gasteiger partial charge on any atom is 0.328 e. The molecule has 0 aromatic heterocycles. The normalized spacial score (nSPS) is 15.4. The minimum Gasteiger partial charge on any atom is -0.478 e. The van der Waals surface area contributed by atoms with E-state index < -0.39 is 11.9 Å². The number of hydrogen-bond donors (Lipinski definition) is 2. The Balaban J connectivity index is 1.87. The lowest BCUT2D eigenvalue weighted by atomic mass is 10.1. The highest BCUT2D eigenvalue weighted by atomic mass is 79.9. The minimum absolute atomic E-state index is 0.0881. The van der Waals surface area contributed by atoms with Crippen molar-refractivity contribution in [1.82, 2.24) is 0 Å². The third-order valence-electron chi connectivity index (χ3n) is 3.49. The van der Waals surface area contributed by atoms with Crippen LogP contribution in [0.2, 0.25) is 0 Å². The highest BCUT2D eigenvalue weighted by Crippen LogP contribution is 2.48. The predicted octanol–water partition coefficient (Wildman–Crippen LogP) is 3.73. The zero-order valence-electron chi connectivity index (χ0n) is 11.4. The lowest BCUT2D eigenvalue weighted by Gasteiger charge is -2.08. The van der Waals surface area contributed by atoms with Crippen LogP contribution in [0, 0.1) is 0 Å². The Morgan fingerprint density at radius 2 is 1.77 bits per heavy atom. The van der Waals surface area contributed by atoms with Crippen molar-refractivity contribution in [2.75, 3.05) is 5.32 Å². The van der Waals surface area contributed by atoms with Crippen LogP contribution in [-0.4, -0.2) is 17.0 Å². The lowest BCUT2D eigenvalue weighted by Crippen LogP contribution is -2.08. The molecule has 2 N–H and O–H groups in total. The summed E-state index contributed by atoms with van der Waals surface area (Å²) < 4.78 is 0. The summed E-state index contributed by atoms with van der Waals surface area (Å²) in [7, 11) is 0. The van der Waals surface area contributed by atoms with Gasteiger partial charge >= 0.3 is 5.97 Å². The van der Waals surface area contributed by atoms with E-state index in [2.05, 4.69) is 33.4 Å². The van der Waals surface area contributed by atoms with Gasteiger partial charge in [-0.2, -0.15) is 0 Å². The molecule has 1 atom stereocenters. The monoisotopic (exact) mass is 357 g/mol. The van der Waals surface area contributed by atoms with Crippen molar-refractivity contribution in [3.05, 3.63) is 65.7 Å². The summed E-state index contributed by atoms with van der Waals surface area (Å²) in [5.74, 6) is -1.62. The number of halogens is 1. The molecular weight excluding hydrogens is 346 g/mol. The molecule has 5 heteroatoms. The van der Waals surface area contributed by atoms with Crippen molar-refractivity contribution in [1.29, 1.82) is 0 Å². The van der Waals surface area contributed by atoms with Crippen molar-refractivity contribution in [2.24, 2.45) is 0 Å². The first kappa shape index (κ1) is 14.5. The van der Waals surface area contributed by atoms with Crippen molar-refractivity contribution in [3.8, 4) is 11.1 Å². The molecular formula is C17H12BrNO3. The largest absolute Gasteiger partial charge is 0.478 e. The Labute approximate surface area is 135 Å². The number of nitrogens with one attached hydrogen (secondary N) is 1. The van der Waals surface area contributed by atoms with E-state index in [4.69, 9.17) is 5.11 Å². The number of alkyl halides is 1. The molecule has 1 aliphatic rings. The van der Waals surface area contributed by atoms with Gasteiger partial charge in [-0.15, -0.1) is 0 Å². The van der Waals surface area contributed by atoms with Crippen molar-refractivity contribution >= 4 is 33.5 Å². The molecule has 0 spiro atoms. The maximum atomic E-state index is 11.6. The first-order valence-corrected chi connectivity index (χ1v) is 7.57. The number of amides is 1. The fourth-order valence-corrected chi connectivity index (χ4v) is 3.34. The first-order valence-electron chi connectivity index (χ1n) is 6.65. The second kappa shape index (κ2) is 5.77. The van der Waals surface area contributed by atoms with Crippen LogP contribution >= 0.6 is 15.9 Å². The van der Waals surface area contributed by atoms with E-state index in [-0.39, 0.29) is 4.83 Å². The maximum absolute atomic E-state index is 11.6. The standard InChI is InChI=1S/C17H12BrNO3/c18-17-13-4-2-1-3-11(13)12-6-5-10(9-14(12)17)19-15(20)7-8-16(21)22/h1-9,17H,(H,19,20)(H,21,22)/b8-7-/t17-/m0/s1. The quantitative estimate of drug-likeness (QED) is 0.649. The highest BCUT2D eigenvalue weighted by molar-refractivity contribution is 9.09. The molecule has 0 saturated heterocycles. The number of carbonyl (C=O) groups excluding carboxylic acids is 1. The number of carboxylic acid groups (broad SMARTS) is 1. The topological polar surface area (TPSA) is 66.4 Å². The Morgan fingerprint density at radius 3 is 2.55 bits per heavy atom. The summed E-state index contributed by atoms with van der Waals surface area (Å²) in [5.41, 5.74) is 5.24.